The van der Waals surface area contributed by atoms with Crippen molar-refractivity contribution in [1.29, 1.82) is 0 Å². The van der Waals surface area contributed by atoms with Crippen LogP contribution in [0.3, 0.4) is 0 Å². The first-order valence-corrected chi connectivity index (χ1v) is 6.85. The van der Waals surface area contributed by atoms with Crippen molar-refractivity contribution < 1.29 is 17.5 Å². The number of hydrogen-bond acceptors (Lipinski definition) is 6. The lowest BCUT2D eigenvalue weighted by Crippen LogP contribution is -2.15. The third kappa shape index (κ3) is 2.77. The van der Waals surface area contributed by atoms with Gasteiger partial charge in [0.2, 0.25) is 5.95 Å². The van der Waals surface area contributed by atoms with E-state index in [0.29, 0.717) is 0 Å². The van der Waals surface area contributed by atoms with Crippen LogP contribution in [-0.2, 0) is 10.0 Å². The van der Waals surface area contributed by atoms with Crippen molar-refractivity contribution in [2.45, 2.75) is 4.90 Å². The number of ether oxygens (including phenoxy) is 1. The molecule has 3 N–H and O–H groups in total. The number of nitrogens with one attached hydrogen (secondary N) is 1. The van der Waals surface area contributed by atoms with Gasteiger partial charge in [-0.2, -0.15) is 0 Å². The molecule has 0 atom stereocenters. The van der Waals surface area contributed by atoms with Crippen LogP contribution in [0.15, 0.2) is 35.5 Å². The van der Waals surface area contributed by atoms with Gasteiger partial charge in [0, 0.05) is 12.4 Å². The highest BCUT2D eigenvalue weighted by Crippen LogP contribution is 2.28. The normalized spacial score (nSPS) is 11.1. The standard InChI is InChI=1S/C11H11FN4O3S/c1-19-10-8(12)5-7(6-9(10)13)20(17,18)16-11-14-3-2-4-15-11/h2-6H,13H2,1H3,(H,14,15,16). The molecule has 0 fully saturated rings. The van der Waals surface area contributed by atoms with Crippen molar-refractivity contribution in [2.75, 3.05) is 17.6 Å². The number of rotatable bonds is 4. The second-order valence-electron chi connectivity index (χ2n) is 3.71. The first-order valence-electron chi connectivity index (χ1n) is 5.37. The number of sulfonamides is 1. The molecule has 7 nitrogen and oxygen atoms in total. The highest BCUT2D eigenvalue weighted by atomic mass is 32.2. The van der Waals surface area contributed by atoms with Crippen LogP contribution in [-0.4, -0.2) is 25.5 Å². The second-order valence-corrected chi connectivity index (χ2v) is 5.39. The molecule has 0 spiro atoms. The van der Waals surface area contributed by atoms with Gasteiger partial charge in [0.25, 0.3) is 10.0 Å². The van der Waals surface area contributed by atoms with Gasteiger partial charge in [-0.25, -0.2) is 27.5 Å². The maximum absolute atomic E-state index is 13.7. The van der Waals surface area contributed by atoms with E-state index in [4.69, 9.17) is 10.5 Å². The summed E-state index contributed by atoms with van der Waals surface area (Å²) < 4.78 is 44.6. The summed E-state index contributed by atoms with van der Waals surface area (Å²) in [4.78, 5) is 7.09. The Hall–Kier alpha value is -2.42. The Bertz CT molecular complexity index is 699. The average molecular weight is 298 g/mol. The zero-order valence-electron chi connectivity index (χ0n) is 10.4. The van der Waals surface area contributed by atoms with Crippen molar-refractivity contribution in [3.8, 4) is 5.75 Å². The lowest BCUT2D eigenvalue weighted by atomic mass is 10.3. The first-order chi connectivity index (χ1) is 9.44. The molecule has 0 saturated carbocycles. The number of nitrogens with two attached hydrogens (primary N) is 1. The molecule has 0 unspecified atom stereocenters. The van der Waals surface area contributed by atoms with Crippen molar-refractivity contribution >= 4 is 21.7 Å². The molecule has 0 aliphatic carbocycles. The summed E-state index contributed by atoms with van der Waals surface area (Å²) in [5.41, 5.74) is 5.41. The number of nitrogen functional groups attached to an aromatic ring is 1. The Labute approximate surface area is 114 Å². The molecule has 1 aromatic heterocycles. The fraction of sp³-hybridized carbons (Fsp3) is 0.0909. The van der Waals surface area contributed by atoms with Crippen molar-refractivity contribution in [2.24, 2.45) is 0 Å². The number of aromatic nitrogens is 2. The predicted molar refractivity (Wildman–Crippen MR) is 70.2 cm³/mol. The van der Waals surface area contributed by atoms with E-state index in [-0.39, 0.29) is 22.3 Å². The van der Waals surface area contributed by atoms with E-state index in [1.54, 1.807) is 0 Å². The van der Waals surface area contributed by atoms with Gasteiger partial charge in [-0.05, 0) is 18.2 Å². The van der Waals surface area contributed by atoms with E-state index < -0.39 is 15.8 Å². The number of methoxy groups -OCH3 is 1. The van der Waals surface area contributed by atoms with Gasteiger partial charge in [-0.1, -0.05) is 0 Å². The predicted octanol–water partition coefficient (Wildman–Crippen LogP) is 1.01. The molecule has 0 aliphatic heterocycles. The minimum Gasteiger partial charge on any atom is -0.492 e. The lowest BCUT2D eigenvalue weighted by Gasteiger charge is -2.10. The van der Waals surface area contributed by atoms with Gasteiger partial charge >= 0.3 is 0 Å². The summed E-state index contributed by atoms with van der Waals surface area (Å²) in [6, 6.07) is 3.43. The number of halogens is 1. The van der Waals surface area contributed by atoms with Gasteiger partial charge in [0.15, 0.2) is 11.6 Å². The fourth-order valence-electron chi connectivity index (χ4n) is 1.49. The molecule has 106 valence electrons. The molecule has 2 rings (SSSR count). The first kappa shape index (κ1) is 14.0. The highest BCUT2D eigenvalue weighted by Gasteiger charge is 2.20. The van der Waals surface area contributed by atoms with E-state index in [0.717, 1.165) is 12.1 Å². The van der Waals surface area contributed by atoms with Crippen LogP contribution in [0.2, 0.25) is 0 Å². The van der Waals surface area contributed by atoms with Crippen LogP contribution < -0.4 is 15.2 Å². The van der Waals surface area contributed by atoms with Crippen LogP contribution in [0.5, 0.6) is 5.75 Å². The topological polar surface area (TPSA) is 107 Å². The molecule has 2 aromatic rings. The molecule has 1 aromatic carbocycles. The molecular weight excluding hydrogens is 287 g/mol. The lowest BCUT2D eigenvalue weighted by molar-refractivity contribution is 0.388. The SMILES string of the molecule is COc1c(N)cc(S(=O)(=O)Nc2ncccn2)cc1F. The van der Waals surface area contributed by atoms with Crippen molar-refractivity contribution in [1.82, 2.24) is 9.97 Å². The number of nitrogens with zero attached hydrogens (tertiary/aromatic N) is 2. The number of hydrogen-bond donors (Lipinski definition) is 2. The number of anilines is 2. The van der Waals surface area contributed by atoms with E-state index in [1.165, 1.54) is 25.6 Å². The van der Waals surface area contributed by atoms with Crippen LogP contribution in [0.25, 0.3) is 0 Å². The quantitative estimate of drug-likeness (QED) is 0.816. The summed E-state index contributed by atoms with van der Waals surface area (Å²) in [5, 5.41) is 0. The second kappa shape index (κ2) is 5.29. The molecule has 0 radical (unpaired) electrons. The molecular formula is C11H11FN4O3S. The molecule has 9 heteroatoms. The van der Waals surface area contributed by atoms with Gasteiger partial charge in [0.05, 0.1) is 17.7 Å². The minimum absolute atomic E-state index is 0.123. The average Bonchev–Trinajstić information content (AvgIpc) is 2.39. The third-order valence-electron chi connectivity index (χ3n) is 2.35. The zero-order chi connectivity index (χ0) is 14.8. The molecule has 0 amide bonds. The molecule has 0 saturated heterocycles. The van der Waals surface area contributed by atoms with Crippen LogP contribution >= 0.6 is 0 Å². The van der Waals surface area contributed by atoms with Gasteiger partial charge in [-0.15, -0.1) is 0 Å². The van der Waals surface area contributed by atoms with Gasteiger partial charge in [0.1, 0.15) is 0 Å². The summed E-state index contributed by atoms with van der Waals surface area (Å²) in [6.45, 7) is 0. The van der Waals surface area contributed by atoms with Crippen LogP contribution in [0.4, 0.5) is 16.0 Å². The fourth-order valence-corrected chi connectivity index (χ4v) is 2.49. The van der Waals surface area contributed by atoms with E-state index in [1.807, 2.05) is 0 Å². The van der Waals surface area contributed by atoms with Gasteiger partial charge in [-0.3, -0.25) is 0 Å². The summed E-state index contributed by atoms with van der Waals surface area (Å²) in [7, 11) is -2.80. The largest absolute Gasteiger partial charge is 0.492 e. The molecule has 0 bridgehead atoms. The van der Waals surface area contributed by atoms with Crippen LogP contribution in [0, 0.1) is 5.82 Å². The van der Waals surface area contributed by atoms with Crippen molar-refractivity contribution in [3.63, 3.8) is 0 Å². The van der Waals surface area contributed by atoms with Crippen LogP contribution in [0.1, 0.15) is 0 Å². The summed E-state index contributed by atoms with van der Waals surface area (Å²) in [6.07, 6.45) is 2.74. The molecule has 0 aliphatic rings. The summed E-state index contributed by atoms with van der Waals surface area (Å²) >= 11 is 0. The molecule has 20 heavy (non-hydrogen) atoms. The Morgan fingerprint density at radius 1 is 1.30 bits per heavy atom. The van der Waals surface area contributed by atoms with Gasteiger partial charge < -0.3 is 10.5 Å². The highest BCUT2D eigenvalue weighted by molar-refractivity contribution is 7.92. The summed E-state index contributed by atoms with van der Waals surface area (Å²) in [5.74, 6) is -1.20. The number of benzene rings is 1. The molecule has 1 heterocycles. The maximum atomic E-state index is 13.7. The Kier molecular flexibility index (Phi) is 3.70. The Morgan fingerprint density at radius 3 is 2.50 bits per heavy atom. The van der Waals surface area contributed by atoms with E-state index >= 15 is 0 Å². The Morgan fingerprint density at radius 2 is 1.95 bits per heavy atom. The maximum Gasteiger partial charge on any atom is 0.264 e. The van der Waals surface area contributed by atoms with E-state index in [9.17, 15) is 12.8 Å². The van der Waals surface area contributed by atoms with E-state index in [2.05, 4.69) is 14.7 Å². The third-order valence-corrected chi connectivity index (χ3v) is 3.66. The minimum atomic E-state index is -4.03. The Balaban J connectivity index is 2.40. The van der Waals surface area contributed by atoms with Crippen molar-refractivity contribution in [3.05, 3.63) is 36.4 Å². The monoisotopic (exact) mass is 298 g/mol. The zero-order valence-corrected chi connectivity index (χ0v) is 11.2. The smallest absolute Gasteiger partial charge is 0.264 e.